The first-order chi connectivity index (χ1) is 11.2. The van der Waals surface area contributed by atoms with Gasteiger partial charge in [0.1, 0.15) is 23.7 Å². The minimum Gasteiger partial charge on any atom is -0.352 e. The summed E-state index contributed by atoms with van der Waals surface area (Å²) in [6.45, 7) is 4.46. The van der Waals surface area contributed by atoms with Crippen LogP contribution in [0.25, 0.3) is 0 Å². The molecule has 0 bridgehead atoms. The van der Waals surface area contributed by atoms with Gasteiger partial charge >= 0.3 is 6.03 Å². The highest BCUT2D eigenvalue weighted by Gasteiger charge is 2.50. The van der Waals surface area contributed by atoms with E-state index >= 15 is 0 Å². The van der Waals surface area contributed by atoms with Crippen molar-refractivity contribution in [2.45, 2.75) is 38.8 Å². The van der Waals surface area contributed by atoms with Crippen LogP contribution in [0.2, 0.25) is 0 Å². The number of imide groups is 1. The fourth-order valence-corrected chi connectivity index (χ4v) is 2.47. The molecule has 24 heavy (non-hydrogen) atoms. The predicted octanol–water partition coefficient (Wildman–Crippen LogP) is 1.65. The number of rotatable bonds is 5. The van der Waals surface area contributed by atoms with Crippen LogP contribution in [0, 0.1) is 11.6 Å². The highest BCUT2D eigenvalue weighted by Crippen LogP contribution is 2.31. The Kier molecular flexibility index (Phi) is 4.86. The summed E-state index contributed by atoms with van der Waals surface area (Å²) >= 11 is 0. The Labute approximate surface area is 138 Å². The molecule has 0 radical (unpaired) electrons. The molecular formula is C16H19F2N3O3. The van der Waals surface area contributed by atoms with Gasteiger partial charge in [-0.1, -0.05) is 6.92 Å². The highest BCUT2D eigenvalue weighted by molar-refractivity contribution is 6.09. The first-order valence-electron chi connectivity index (χ1n) is 7.58. The summed E-state index contributed by atoms with van der Waals surface area (Å²) < 4.78 is 27.4. The van der Waals surface area contributed by atoms with Gasteiger partial charge in [-0.2, -0.15) is 0 Å². The van der Waals surface area contributed by atoms with E-state index < -0.39 is 41.6 Å². The average Bonchev–Trinajstić information content (AvgIpc) is 2.73. The van der Waals surface area contributed by atoms with Gasteiger partial charge in [0.05, 0.1) is 0 Å². The minimum atomic E-state index is -1.76. The standard InChI is InChI=1S/C16H19F2N3O3/c1-4-9(2)19-13(22)8-21-14(23)16(3,20-15(21)24)11-7-10(17)5-6-12(11)18/h5-7,9H,4,8H2,1-3H3,(H,19,22)(H,20,24)/t9-,16+/m1/s1. The molecular weight excluding hydrogens is 320 g/mol. The Hall–Kier alpha value is -2.51. The van der Waals surface area contributed by atoms with E-state index in [-0.39, 0.29) is 11.6 Å². The van der Waals surface area contributed by atoms with Crippen molar-refractivity contribution in [1.29, 1.82) is 0 Å². The largest absolute Gasteiger partial charge is 0.352 e. The molecule has 1 aliphatic heterocycles. The van der Waals surface area contributed by atoms with Gasteiger partial charge in [-0.15, -0.1) is 0 Å². The Morgan fingerprint density at radius 1 is 1.38 bits per heavy atom. The fraction of sp³-hybridized carbons (Fsp3) is 0.438. The van der Waals surface area contributed by atoms with Crippen molar-refractivity contribution in [2.24, 2.45) is 0 Å². The second-order valence-corrected chi connectivity index (χ2v) is 5.95. The Morgan fingerprint density at radius 3 is 2.67 bits per heavy atom. The summed E-state index contributed by atoms with van der Waals surface area (Å²) in [7, 11) is 0. The molecule has 0 spiro atoms. The lowest BCUT2D eigenvalue weighted by molar-refractivity contribution is -0.135. The van der Waals surface area contributed by atoms with Crippen LogP contribution < -0.4 is 10.6 Å². The molecule has 4 amide bonds. The maximum Gasteiger partial charge on any atom is 0.325 e. The van der Waals surface area contributed by atoms with Crippen LogP contribution in [0.1, 0.15) is 32.8 Å². The van der Waals surface area contributed by atoms with Crippen molar-refractivity contribution in [1.82, 2.24) is 15.5 Å². The molecule has 0 saturated carbocycles. The number of hydrogen-bond acceptors (Lipinski definition) is 3. The predicted molar refractivity (Wildman–Crippen MR) is 81.9 cm³/mol. The van der Waals surface area contributed by atoms with Gasteiger partial charge in [0.25, 0.3) is 5.91 Å². The van der Waals surface area contributed by atoms with Gasteiger partial charge in [-0.3, -0.25) is 14.5 Å². The van der Waals surface area contributed by atoms with E-state index in [0.29, 0.717) is 11.3 Å². The maximum absolute atomic E-state index is 14.0. The van der Waals surface area contributed by atoms with Gasteiger partial charge in [0.15, 0.2) is 0 Å². The summed E-state index contributed by atoms with van der Waals surface area (Å²) in [5.41, 5.74) is -2.05. The van der Waals surface area contributed by atoms with Crippen LogP contribution in [0.5, 0.6) is 0 Å². The fourth-order valence-electron chi connectivity index (χ4n) is 2.47. The molecule has 0 unspecified atom stereocenters. The van der Waals surface area contributed by atoms with Crippen molar-refractivity contribution >= 4 is 17.8 Å². The minimum absolute atomic E-state index is 0.106. The molecule has 2 N–H and O–H groups in total. The number of carbonyl (C=O) groups excluding carboxylic acids is 3. The molecule has 1 aromatic carbocycles. The van der Waals surface area contributed by atoms with E-state index in [2.05, 4.69) is 10.6 Å². The third kappa shape index (κ3) is 3.22. The van der Waals surface area contributed by atoms with Crippen molar-refractivity contribution < 1.29 is 23.2 Å². The van der Waals surface area contributed by atoms with Crippen LogP contribution >= 0.6 is 0 Å². The molecule has 1 saturated heterocycles. The zero-order valence-electron chi connectivity index (χ0n) is 13.7. The molecule has 130 valence electrons. The molecule has 0 aromatic heterocycles. The summed E-state index contributed by atoms with van der Waals surface area (Å²) in [5.74, 6) is -2.87. The van der Waals surface area contributed by atoms with E-state index in [1.165, 1.54) is 6.92 Å². The van der Waals surface area contributed by atoms with Crippen LogP contribution in [0.15, 0.2) is 18.2 Å². The molecule has 1 heterocycles. The number of carbonyl (C=O) groups is 3. The van der Waals surface area contributed by atoms with Crippen LogP contribution in [-0.2, 0) is 15.1 Å². The zero-order chi connectivity index (χ0) is 18.1. The Balaban J connectivity index is 2.24. The van der Waals surface area contributed by atoms with E-state index in [0.717, 1.165) is 18.2 Å². The molecule has 6 nitrogen and oxygen atoms in total. The second kappa shape index (κ2) is 6.54. The van der Waals surface area contributed by atoms with Crippen molar-refractivity contribution in [2.75, 3.05) is 6.54 Å². The molecule has 2 atom stereocenters. The normalized spacial score (nSPS) is 21.6. The van der Waals surface area contributed by atoms with E-state index in [9.17, 15) is 23.2 Å². The smallest absolute Gasteiger partial charge is 0.325 e. The lowest BCUT2D eigenvalue weighted by atomic mass is 9.91. The molecule has 1 aromatic rings. The highest BCUT2D eigenvalue weighted by atomic mass is 19.1. The van der Waals surface area contributed by atoms with E-state index in [1.54, 1.807) is 6.92 Å². The molecule has 0 aliphatic carbocycles. The summed E-state index contributed by atoms with van der Waals surface area (Å²) in [6.07, 6.45) is 0.693. The zero-order valence-corrected chi connectivity index (χ0v) is 13.7. The summed E-state index contributed by atoms with van der Waals surface area (Å²) in [4.78, 5) is 37.2. The summed E-state index contributed by atoms with van der Waals surface area (Å²) in [5, 5.41) is 4.98. The van der Waals surface area contributed by atoms with Crippen LogP contribution in [0.3, 0.4) is 0 Å². The maximum atomic E-state index is 14.0. The Bertz CT molecular complexity index is 695. The van der Waals surface area contributed by atoms with E-state index in [4.69, 9.17) is 0 Å². The van der Waals surface area contributed by atoms with Crippen molar-refractivity contribution in [3.8, 4) is 0 Å². The molecule has 1 aliphatic rings. The van der Waals surface area contributed by atoms with E-state index in [1.807, 2.05) is 6.92 Å². The lowest BCUT2D eigenvalue weighted by Crippen LogP contribution is -2.45. The van der Waals surface area contributed by atoms with Gasteiger partial charge in [0.2, 0.25) is 5.91 Å². The van der Waals surface area contributed by atoms with Gasteiger partial charge in [0, 0.05) is 11.6 Å². The van der Waals surface area contributed by atoms with Crippen LogP contribution in [-0.4, -0.2) is 35.3 Å². The first kappa shape index (κ1) is 17.8. The summed E-state index contributed by atoms with van der Waals surface area (Å²) in [6, 6.07) is 1.72. The average molecular weight is 339 g/mol. The number of amides is 4. The third-order valence-corrected chi connectivity index (χ3v) is 4.06. The molecule has 8 heteroatoms. The number of halogens is 2. The number of nitrogens with zero attached hydrogens (tertiary/aromatic N) is 1. The van der Waals surface area contributed by atoms with Gasteiger partial charge in [-0.05, 0) is 38.5 Å². The quantitative estimate of drug-likeness (QED) is 0.801. The SMILES string of the molecule is CC[C@@H](C)NC(=O)CN1C(=O)N[C@@](C)(c2cc(F)ccc2F)C1=O. The second-order valence-electron chi connectivity index (χ2n) is 5.95. The van der Waals surface area contributed by atoms with Crippen molar-refractivity contribution in [3.63, 3.8) is 0 Å². The number of nitrogens with one attached hydrogen (secondary N) is 2. The lowest BCUT2D eigenvalue weighted by Gasteiger charge is -2.23. The van der Waals surface area contributed by atoms with Gasteiger partial charge < -0.3 is 10.6 Å². The van der Waals surface area contributed by atoms with Crippen molar-refractivity contribution in [3.05, 3.63) is 35.4 Å². The topological polar surface area (TPSA) is 78.5 Å². The Morgan fingerprint density at radius 2 is 2.04 bits per heavy atom. The van der Waals surface area contributed by atoms with Crippen LogP contribution in [0.4, 0.5) is 13.6 Å². The molecule has 1 fully saturated rings. The monoisotopic (exact) mass is 339 g/mol. The van der Waals surface area contributed by atoms with Gasteiger partial charge in [-0.25, -0.2) is 13.6 Å². The first-order valence-corrected chi connectivity index (χ1v) is 7.58. The number of urea groups is 1. The third-order valence-electron chi connectivity index (χ3n) is 4.06. The number of hydrogen-bond donors (Lipinski definition) is 2. The molecule has 2 rings (SSSR count). The number of benzene rings is 1.